The lowest BCUT2D eigenvalue weighted by Gasteiger charge is -2.17. The summed E-state index contributed by atoms with van der Waals surface area (Å²) in [5, 5.41) is 14.8. The Morgan fingerprint density at radius 2 is 0.914 bits per heavy atom. The van der Waals surface area contributed by atoms with Crippen LogP contribution in [0.1, 0.15) is 0 Å². The highest BCUT2D eigenvalue weighted by atomic mass is 32.1. The molecule has 0 N–H and O–H groups in total. The van der Waals surface area contributed by atoms with Crippen molar-refractivity contribution >= 4 is 107 Å². The first-order chi connectivity index (χ1) is 28.7. The van der Waals surface area contributed by atoms with Crippen LogP contribution < -0.4 is 0 Å². The molecule has 3 heterocycles. The molecule has 0 unspecified atom stereocenters. The summed E-state index contributed by atoms with van der Waals surface area (Å²) in [5.41, 5.74) is 9.09. The molecule has 0 fully saturated rings. The molecule has 13 rings (SSSR count). The Balaban J connectivity index is 1.18. The average molecular weight is 754 g/mol. The van der Waals surface area contributed by atoms with Gasteiger partial charge in [-0.15, -0.1) is 11.3 Å². The van der Waals surface area contributed by atoms with Crippen molar-refractivity contribution in [3.8, 4) is 28.2 Å². The first-order valence-corrected chi connectivity index (χ1v) is 20.6. The maximum Gasteiger partial charge on any atom is 0.0980 e. The molecule has 0 amide bonds. The van der Waals surface area contributed by atoms with Gasteiger partial charge in [-0.1, -0.05) is 140 Å². The van der Waals surface area contributed by atoms with Gasteiger partial charge >= 0.3 is 0 Å². The van der Waals surface area contributed by atoms with E-state index < -0.39 is 0 Å². The molecule has 3 nitrogen and oxygen atoms in total. The Morgan fingerprint density at radius 1 is 0.345 bits per heavy atom. The fourth-order valence-electron chi connectivity index (χ4n) is 9.53. The van der Waals surface area contributed by atoms with E-state index in [1.165, 1.54) is 68.9 Å². The molecule has 0 aliphatic heterocycles. The Morgan fingerprint density at radius 3 is 1.66 bits per heavy atom. The number of thiophene rings is 1. The van der Waals surface area contributed by atoms with Crippen LogP contribution in [0.5, 0.6) is 0 Å². The molecule has 0 saturated heterocycles. The monoisotopic (exact) mass is 753 g/mol. The molecule has 0 saturated carbocycles. The second-order valence-electron chi connectivity index (χ2n) is 15.3. The van der Waals surface area contributed by atoms with Crippen LogP contribution in [0.15, 0.2) is 188 Å². The molecule has 268 valence electrons. The molecule has 4 heteroatoms. The molecule has 3 aromatic heterocycles. The van der Waals surface area contributed by atoms with Crippen LogP contribution in [-0.2, 0) is 0 Å². The largest absolute Gasteiger partial charge is 0.309 e. The van der Waals surface area contributed by atoms with Crippen molar-refractivity contribution in [3.05, 3.63) is 188 Å². The van der Waals surface area contributed by atoms with Crippen molar-refractivity contribution in [3.63, 3.8) is 0 Å². The lowest BCUT2D eigenvalue weighted by molar-refractivity contribution is 1.19. The molecular weight excluding hydrogens is 723 g/mol. The van der Waals surface area contributed by atoms with Crippen LogP contribution in [0.4, 0.5) is 0 Å². The molecule has 0 atom stereocenters. The summed E-state index contributed by atoms with van der Waals surface area (Å²) >= 11 is 1.89. The highest BCUT2D eigenvalue weighted by Gasteiger charge is 2.22. The van der Waals surface area contributed by atoms with Gasteiger partial charge in [-0.05, 0) is 91.6 Å². The first kappa shape index (κ1) is 31.8. The summed E-state index contributed by atoms with van der Waals surface area (Å²) in [7, 11) is 0. The average Bonchev–Trinajstić information content (AvgIpc) is 3.82. The van der Waals surface area contributed by atoms with Gasteiger partial charge in [-0.3, -0.25) is 0 Å². The van der Waals surface area contributed by atoms with E-state index in [4.69, 9.17) is 9.97 Å². The van der Waals surface area contributed by atoms with Crippen molar-refractivity contribution in [1.29, 1.82) is 0 Å². The summed E-state index contributed by atoms with van der Waals surface area (Å²) in [6.07, 6.45) is 0. The standard InChI is InChI=1S/C54H31N3S/c1-5-17-37-32(12-1)16-11-21-41(37)53-54(56-46-23-10-9-22-45(46)55-53)42-29-36(28-35-15-4-6-18-38(35)42)57-47-26-24-33-13-2-7-19-39(33)51(47)43-31-50-44(30-48(43)57)52-40-20-8-3-14-34(40)25-27-49(52)58-50/h1-31H. The molecule has 0 radical (unpaired) electrons. The number of para-hydroxylation sites is 2. The van der Waals surface area contributed by atoms with E-state index in [0.29, 0.717) is 0 Å². The third-order valence-corrected chi connectivity index (χ3v) is 13.2. The van der Waals surface area contributed by atoms with Gasteiger partial charge in [-0.2, -0.15) is 0 Å². The number of aromatic nitrogens is 3. The molecule has 58 heavy (non-hydrogen) atoms. The summed E-state index contributed by atoms with van der Waals surface area (Å²) in [6.45, 7) is 0. The van der Waals surface area contributed by atoms with Gasteiger partial charge in [-0.25, -0.2) is 9.97 Å². The maximum atomic E-state index is 5.49. The van der Waals surface area contributed by atoms with E-state index >= 15 is 0 Å². The number of rotatable bonds is 3. The Hall–Kier alpha value is -7.40. The quantitative estimate of drug-likeness (QED) is 0.180. The van der Waals surface area contributed by atoms with Crippen LogP contribution in [0.2, 0.25) is 0 Å². The molecule has 0 aliphatic carbocycles. The van der Waals surface area contributed by atoms with Gasteiger partial charge < -0.3 is 4.57 Å². The highest BCUT2D eigenvalue weighted by Crippen LogP contribution is 2.46. The third kappa shape index (κ3) is 4.55. The van der Waals surface area contributed by atoms with Crippen molar-refractivity contribution in [2.75, 3.05) is 0 Å². The number of hydrogen-bond donors (Lipinski definition) is 0. The topological polar surface area (TPSA) is 30.7 Å². The number of benzene rings is 10. The van der Waals surface area contributed by atoms with Crippen molar-refractivity contribution < 1.29 is 0 Å². The van der Waals surface area contributed by atoms with E-state index in [9.17, 15) is 0 Å². The lowest BCUT2D eigenvalue weighted by atomic mass is 9.94. The number of fused-ring (bicyclic) bond motifs is 13. The van der Waals surface area contributed by atoms with E-state index in [2.05, 4.69) is 180 Å². The van der Waals surface area contributed by atoms with E-state index in [1.807, 2.05) is 23.5 Å². The van der Waals surface area contributed by atoms with Crippen LogP contribution in [0, 0.1) is 0 Å². The zero-order chi connectivity index (χ0) is 37.9. The Kier molecular flexibility index (Phi) is 6.60. The van der Waals surface area contributed by atoms with Gasteiger partial charge in [0.2, 0.25) is 0 Å². The third-order valence-electron chi connectivity index (χ3n) is 12.1. The van der Waals surface area contributed by atoms with Gasteiger partial charge in [0.05, 0.1) is 33.5 Å². The molecule has 10 aromatic carbocycles. The Bertz CT molecular complexity index is 3870. The van der Waals surface area contributed by atoms with Crippen LogP contribution in [0.25, 0.3) is 124 Å². The van der Waals surface area contributed by atoms with Crippen LogP contribution in [0.3, 0.4) is 0 Å². The fraction of sp³-hybridized carbons (Fsp3) is 0. The smallest absolute Gasteiger partial charge is 0.0980 e. The first-order valence-electron chi connectivity index (χ1n) is 19.7. The van der Waals surface area contributed by atoms with Crippen LogP contribution in [-0.4, -0.2) is 14.5 Å². The summed E-state index contributed by atoms with van der Waals surface area (Å²) in [5.74, 6) is 0. The summed E-state index contributed by atoms with van der Waals surface area (Å²) in [6, 6.07) is 68.4. The van der Waals surface area contributed by atoms with Crippen molar-refractivity contribution in [1.82, 2.24) is 14.5 Å². The fourth-order valence-corrected chi connectivity index (χ4v) is 10.7. The number of hydrogen-bond acceptors (Lipinski definition) is 3. The van der Waals surface area contributed by atoms with Gasteiger partial charge in [0.25, 0.3) is 0 Å². The van der Waals surface area contributed by atoms with Gasteiger partial charge in [0.15, 0.2) is 0 Å². The molecule has 0 bridgehead atoms. The van der Waals surface area contributed by atoms with E-state index in [-0.39, 0.29) is 0 Å². The summed E-state index contributed by atoms with van der Waals surface area (Å²) in [4.78, 5) is 10.9. The predicted octanol–water partition coefficient (Wildman–Crippen LogP) is 15.0. The molecular formula is C54H31N3S. The summed E-state index contributed by atoms with van der Waals surface area (Å²) < 4.78 is 5.11. The number of nitrogens with zero attached hydrogens (tertiary/aromatic N) is 3. The van der Waals surface area contributed by atoms with Gasteiger partial charge in [0, 0.05) is 47.8 Å². The molecule has 13 aromatic rings. The lowest BCUT2D eigenvalue weighted by Crippen LogP contribution is -1.99. The maximum absolute atomic E-state index is 5.49. The minimum atomic E-state index is 0.872. The second-order valence-corrected chi connectivity index (χ2v) is 16.4. The molecule has 0 spiro atoms. The highest BCUT2D eigenvalue weighted by molar-refractivity contribution is 7.26. The van der Waals surface area contributed by atoms with E-state index in [0.717, 1.165) is 55.4 Å². The van der Waals surface area contributed by atoms with Crippen molar-refractivity contribution in [2.45, 2.75) is 0 Å². The SMILES string of the molecule is c1ccc2c(-c3nc4ccccc4nc3-c3cc(-n4c5cc6c(cc5c5c7ccccc7ccc54)sc4ccc5ccccc5c46)cc4ccccc34)cccc2c1. The molecule has 0 aliphatic rings. The minimum absolute atomic E-state index is 0.872. The van der Waals surface area contributed by atoms with Gasteiger partial charge in [0.1, 0.15) is 0 Å². The van der Waals surface area contributed by atoms with Crippen LogP contribution >= 0.6 is 11.3 Å². The zero-order valence-corrected chi connectivity index (χ0v) is 32.0. The van der Waals surface area contributed by atoms with Crippen molar-refractivity contribution in [2.24, 2.45) is 0 Å². The zero-order valence-electron chi connectivity index (χ0n) is 31.1. The van der Waals surface area contributed by atoms with E-state index in [1.54, 1.807) is 0 Å². The Labute approximate surface area is 336 Å². The predicted molar refractivity (Wildman–Crippen MR) is 248 cm³/mol. The normalized spacial score (nSPS) is 12.1. The minimum Gasteiger partial charge on any atom is -0.309 e. The second kappa shape index (κ2) is 12.1.